The summed E-state index contributed by atoms with van der Waals surface area (Å²) in [4.78, 5) is 15.8. The van der Waals surface area contributed by atoms with E-state index in [0.717, 1.165) is 23.8 Å². The molecule has 1 saturated heterocycles. The summed E-state index contributed by atoms with van der Waals surface area (Å²) in [5, 5.41) is 7.37. The lowest BCUT2D eigenvalue weighted by Crippen LogP contribution is -2.32. The van der Waals surface area contributed by atoms with Gasteiger partial charge in [-0.25, -0.2) is 0 Å². The van der Waals surface area contributed by atoms with E-state index in [2.05, 4.69) is 29.5 Å². The number of carbonyl (C=O) groups is 1. The van der Waals surface area contributed by atoms with Crippen molar-refractivity contribution in [3.8, 4) is 0 Å². The Bertz CT molecular complexity index is 313. The summed E-state index contributed by atoms with van der Waals surface area (Å²) in [6.45, 7) is 5.78. The average molecular weight is 255 g/mol. The van der Waals surface area contributed by atoms with E-state index in [1.807, 2.05) is 0 Å². The quantitative estimate of drug-likeness (QED) is 0.727. The van der Waals surface area contributed by atoms with Crippen molar-refractivity contribution in [2.24, 2.45) is 16.8 Å². The van der Waals surface area contributed by atoms with Crippen LogP contribution in [0.3, 0.4) is 0 Å². The van der Waals surface area contributed by atoms with Crippen LogP contribution in [0.4, 0.5) is 0 Å². The number of thioether (sulfide) groups is 1. The number of amides is 1. The van der Waals surface area contributed by atoms with E-state index in [1.54, 1.807) is 11.8 Å². The fourth-order valence-electron chi connectivity index (χ4n) is 1.69. The molecule has 0 spiro atoms. The number of nitrogens with one attached hydrogen (secondary N) is 2. The maximum atomic E-state index is 11.4. The minimum absolute atomic E-state index is 0.206. The van der Waals surface area contributed by atoms with Gasteiger partial charge in [0.2, 0.25) is 5.91 Å². The summed E-state index contributed by atoms with van der Waals surface area (Å²) < 4.78 is 0. The first-order valence-electron chi connectivity index (χ1n) is 6.38. The summed E-state index contributed by atoms with van der Waals surface area (Å²) in [6.07, 6.45) is 2.13. The summed E-state index contributed by atoms with van der Waals surface area (Å²) >= 11 is 1.78. The van der Waals surface area contributed by atoms with Crippen LogP contribution < -0.4 is 10.6 Å². The van der Waals surface area contributed by atoms with E-state index >= 15 is 0 Å². The monoisotopic (exact) mass is 255 g/mol. The molecule has 0 radical (unpaired) electrons. The largest absolute Gasteiger partial charge is 0.361 e. The third-order valence-electron chi connectivity index (χ3n) is 3.13. The van der Waals surface area contributed by atoms with Crippen LogP contribution in [0.15, 0.2) is 4.99 Å². The van der Waals surface area contributed by atoms with Crippen molar-refractivity contribution in [1.82, 2.24) is 10.6 Å². The number of aliphatic imine (C=N–C) groups is 1. The number of amidine groups is 1. The highest BCUT2D eigenvalue weighted by molar-refractivity contribution is 8.14. The van der Waals surface area contributed by atoms with Crippen LogP contribution in [-0.2, 0) is 4.79 Å². The number of carbonyl (C=O) groups excluding carboxylic acids is 1. The molecule has 0 bridgehead atoms. The number of nitrogens with zero attached hydrogens (tertiary/aromatic N) is 1. The normalized spacial score (nSPS) is 26.3. The molecule has 4 nitrogen and oxygen atoms in total. The minimum Gasteiger partial charge on any atom is -0.361 e. The smallest absolute Gasteiger partial charge is 0.223 e. The second kappa shape index (κ2) is 5.76. The molecule has 1 heterocycles. The van der Waals surface area contributed by atoms with Gasteiger partial charge < -0.3 is 10.6 Å². The van der Waals surface area contributed by atoms with Crippen LogP contribution >= 0.6 is 11.8 Å². The van der Waals surface area contributed by atoms with Gasteiger partial charge in [0.15, 0.2) is 5.17 Å². The Hall–Kier alpha value is -0.710. The van der Waals surface area contributed by atoms with Crippen LogP contribution in [0.2, 0.25) is 0 Å². The Morgan fingerprint density at radius 3 is 2.94 bits per heavy atom. The van der Waals surface area contributed by atoms with Crippen molar-refractivity contribution in [3.63, 3.8) is 0 Å². The van der Waals surface area contributed by atoms with E-state index in [-0.39, 0.29) is 5.91 Å². The lowest BCUT2D eigenvalue weighted by atomic mass is 10.1. The van der Waals surface area contributed by atoms with Gasteiger partial charge in [0.25, 0.3) is 0 Å². The molecular weight excluding hydrogens is 234 g/mol. The Balaban J connectivity index is 1.62. The first-order valence-corrected chi connectivity index (χ1v) is 7.37. The van der Waals surface area contributed by atoms with Crippen LogP contribution in [0.25, 0.3) is 0 Å². The molecule has 1 atom stereocenters. The second-order valence-corrected chi connectivity index (χ2v) is 6.07. The molecule has 5 heteroatoms. The maximum Gasteiger partial charge on any atom is 0.223 e. The predicted molar refractivity (Wildman–Crippen MR) is 72.3 cm³/mol. The topological polar surface area (TPSA) is 53.5 Å². The van der Waals surface area contributed by atoms with E-state index in [0.29, 0.717) is 31.0 Å². The highest BCUT2D eigenvalue weighted by atomic mass is 32.2. The number of hydrogen-bond donors (Lipinski definition) is 2. The van der Waals surface area contributed by atoms with Crippen molar-refractivity contribution < 1.29 is 4.79 Å². The van der Waals surface area contributed by atoms with Gasteiger partial charge in [-0.15, -0.1) is 0 Å². The molecule has 1 amide bonds. The van der Waals surface area contributed by atoms with Gasteiger partial charge in [-0.2, -0.15) is 0 Å². The molecule has 1 aliphatic carbocycles. The summed E-state index contributed by atoms with van der Waals surface area (Å²) in [5.74, 6) is 2.25. The van der Waals surface area contributed by atoms with Crippen molar-refractivity contribution >= 4 is 22.8 Å². The molecule has 2 fully saturated rings. The molecule has 96 valence electrons. The van der Waals surface area contributed by atoms with Crippen molar-refractivity contribution in [1.29, 1.82) is 0 Å². The molecule has 2 aliphatic rings. The fourth-order valence-corrected chi connectivity index (χ4v) is 2.91. The van der Waals surface area contributed by atoms with Crippen molar-refractivity contribution in [2.45, 2.75) is 32.7 Å². The van der Waals surface area contributed by atoms with Gasteiger partial charge in [-0.05, 0) is 18.8 Å². The first-order chi connectivity index (χ1) is 8.16. The molecule has 0 aromatic rings. The zero-order valence-corrected chi connectivity index (χ0v) is 11.3. The zero-order valence-electron chi connectivity index (χ0n) is 10.5. The Labute approximate surface area is 107 Å². The SMILES string of the molecule is CC(C)C1CSC(=NCCNC(=O)C2CC2)N1. The fraction of sp³-hybridized carbons (Fsp3) is 0.833. The molecule has 1 unspecified atom stereocenters. The lowest BCUT2D eigenvalue weighted by molar-refractivity contribution is -0.122. The summed E-state index contributed by atoms with van der Waals surface area (Å²) in [6, 6.07) is 0.541. The molecule has 1 saturated carbocycles. The third kappa shape index (κ3) is 3.91. The Morgan fingerprint density at radius 1 is 1.59 bits per heavy atom. The molecular formula is C12H21N3OS. The molecule has 2 N–H and O–H groups in total. The van der Waals surface area contributed by atoms with Gasteiger partial charge in [0, 0.05) is 24.3 Å². The number of rotatable bonds is 5. The summed E-state index contributed by atoms with van der Waals surface area (Å²) in [7, 11) is 0. The number of hydrogen-bond acceptors (Lipinski definition) is 3. The van der Waals surface area contributed by atoms with Crippen LogP contribution in [-0.4, -0.2) is 36.0 Å². The molecule has 17 heavy (non-hydrogen) atoms. The van der Waals surface area contributed by atoms with Gasteiger partial charge in [-0.3, -0.25) is 9.79 Å². The average Bonchev–Trinajstić information content (AvgIpc) is 3.03. The highest BCUT2D eigenvalue weighted by Crippen LogP contribution is 2.28. The molecule has 0 aromatic heterocycles. The summed E-state index contributed by atoms with van der Waals surface area (Å²) in [5.41, 5.74) is 0. The van der Waals surface area contributed by atoms with Crippen molar-refractivity contribution in [2.75, 3.05) is 18.8 Å². The van der Waals surface area contributed by atoms with Gasteiger partial charge >= 0.3 is 0 Å². The van der Waals surface area contributed by atoms with E-state index < -0.39 is 0 Å². The maximum absolute atomic E-state index is 11.4. The highest BCUT2D eigenvalue weighted by Gasteiger charge is 2.29. The predicted octanol–water partition coefficient (Wildman–Crippen LogP) is 1.23. The second-order valence-electron chi connectivity index (χ2n) is 5.06. The first kappa shape index (κ1) is 12.7. The minimum atomic E-state index is 0.206. The van der Waals surface area contributed by atoms with Crippen LogP contribution in [0.1, 0.15) is 26.7 Å². The van der Waals surface area contributed by atoms with E-state index in [4.69, 9.17) is 0 Å². The van der Waals surface area contributed by atoms with Crippen molar-refractivity contribution in [3.05, 3.63) is 0 Å². The third-order valence-corrected chi connectivity index (χ3v) is 4.17. The molecule has 2 rings (SSSR count). The Kier molecular flexibility index (Phi) is 4.31. The zero-order chi connectivity index (χ0) is 12.3. The van der Waals surface area contributed by atoms with Gasteiger partial charge in [-0.1, -0.05) is 25.6 Å². The molecule has 1 aliphatic heterocycles. The lowest BCUT2D eigenvalue weighted by Gasteiger charge is -2.13. The molecule has 0 aromatic carbocycles. The standard InChI is InChI=1S/C12H21N3OS/c1-8(2)10-7-17-12(15-10)14-6-5-13-11(16)9-3-4-9/h8-10H,3-7H2,1-2H3,(H,13,16)(H,14,15). The van der Waals surface area contributed by atoms with E-state index in [1.165, 1.54) is 0 Å². The van der Waals surface area contributed by atoms with E-state index in [9.17, 15) is 4.79 Å². The van der Waals surface area contributed by atoms with Crippen LogP contribution in [0.5, 0.6) is 0 Å². The van der Waals surface area contributed by atoms with Gasteiger partial charge in [0.05, 0.1) is 6.54 Å². The Morgan fingerprint density at radius 2 is 2.35 bits per heavy atom. The van der Waals surface area contributed by atoms with Crippen LogP contribution in [0, 0.1) is 11.8 Å². The van der Waals surface area contributed by atoms with Gasteiger partial charge in [0.1, 0.15) is 0 Å².